The number of H-pyrrole nitrogens is 1. The third-order valence-electron chi connectivity index (χ3n) is 4.81. The average molecular weight is 256 g/mol. The summed E-state index contributed by atoms with van der Waals surface area (Å²) >= 11 is 0. The van der Waals surface area contributed by atoms with Crippen molar-refractivity contribution in [2.75, 3.05) is 13.1 Å². The van der Waals surface area contributed by atoms with Gasteiger partial charge >= 0.3 is 0 Å². The Morgan fingerprint density at radius 2 is 2.32 bits per heavy atom. The maximum atomic E-state index is 5.48. The molecule has 2 aromatic rings. The van der Waals surface area contributed by atoms with Crippen molar-refractivity contribution in [3.8, 4) is 0 Å². The first-order valence-corrected chi connectivity index (χ1v) is 7.12. The van der Waals surface area contributed by atoms with Gasteiger partial charge in [-0.25, -0.2) is 0 Å². The van der Waals surface area contributed by atoms with Gasteiger partial charge in [0.15, 0.2) is 0 Å². The Labute approximate surface area is 112 Å². The number of benzene rings is 1. The standard InChI is InChI=1S/C15H20N4/c16-19-7-9-4-12-11-2-1-3-13-15(11)10(8-18-13)5-14(12)17-6-9/h1-3,8-9,12,14,17-19H,4-7,16H2/t9-,12-,14-/m1/s1. The molecule has 0 unspecified atom stereocenters. The fourth-order valence-corrected chi connectivity index (χ4v) is 3.94. The smallest absolute Gasteiger partial charge is 0.0459 e. The molecule has 1 aliphatic heterocycles. The molecule has 0 bridgehead atoms. The van der Waals surface area contributed by atoms with Gasteiger partial charge in [-0.1, -0.05) is 12.1 Å². The van der Waals surface area contributed by atoms with Crippen molar-refractivity contribution >= 4 is 10.9 Å². The van der Waals surface area contributed by atoms with Gasteiger partial charge in [0.2, 0.25) is 0 Å². The first-order chi connectivity index (χ1) is 9.36. The van der Waals surface area contributed by atoms with Gasteiger partial charge in [0.1, 0.15) is 0 Å². The van der Waals surface area contributed by atoms with Crippen LogP contribution in [0.25, 0.3) is 10.9 Å². The highest BCUT2D eigenvalue weighted by molar-refractivity contribution is 5.88. The van der Waals surface area contributed by atoms with Crippen molar-refractivity contribution in [2.24, 2.45) is 11.8 Å². The SMILES string of the molecule is NNC[C@H]1CN[C@@H]2Cc3c[nH]c4cccc(c34)[C@H]2C1. The van der Waals surface area contributed by atoms with Crippen LogP contribution in [0.4, 0.5) is 0 Å². The van der Waals surface area contributed by atoms with E-state index >= 15 is 0 Å². The maximum Gasteiger partial charge on any atom is 0.0459 e. The fraction of sp³-hybridized carbons (Fsp3) is 0.467. The summed E-state index contributed by atoms with van der Waals surface area (Å²) in [5.74, 6) is 6.73. The summed E-state index contributed by atoms with van der Waals surface area (Å²) in [6.07, 6.45) is 4.55. The lowest BCUT2D eigenvalue weighted by atomic mass is 9.73. The van der Waals surface area contributed by atoms with Gasteiger partial charge in [0.05, 0.1) is 0 Å². The highest BCUT2D eigenvalue weighted by Gasteiger charge is 2.35. The molecule has 1 aliphatic carbocycles. The van der Waals surface area contributed by atoms with Crippen LogP contribution in [0.15, 0.2) is 24.4 Å². The summed E-state index contributed by atoms with van der Waals surface area (Å²) in [6.45, 7) is 1.97. The van der Waals surface area contributed by atoms with Gasteiger partial charge in [-0.2, -0.15) is 0 Å². The molecule has 100 valence electrons. The van der Waals surface area contributed by atoms with E-state index in [2.05, 4.69) is 40.1 Å². The predicted molar refractivity (Wildman–Crippen MR) is 76.8 cm³/mol. The summed E-state index contributed by atoms with van der Waals surface area (Å²) in [4.78, 5) is 3.41. The second-order valence-corrected chi connectivity index (χ2v) is 5.92. The summed E-state index contributed by atoms with van der Waals surface area (Å²) in [5.41, 5.74) is 7.09. The summed E-state index contributed by atoms with van der Waals surface area (Å²) in [7, 11) is 0. The molecule has 3 atom stereocenters. The Morgan fingerprint density at radius 3 is 3.21 bits per heavy atom. The van der Waals surface area contributed by atoms with E-state index < -0.39 is 0 Å². The van der Waals surface area contributed by atoms with Crippen molar-refractivity contribution in [1.82, 2.24) is 15.7 Å². The van der Waals surface area contributed by atoms with Crippen LogP contribution in [-0.2, 0) is 6.42 Å². The molecule has 1 fully saturated rings. The molecule has 1 aromatic heterocycles. The molecule has 1 aromatic carbocycles. The molecular weight excluding hydrogens is 236 g/mol. The Kier molecular flexibility index (Phi) is 2.62. The molecule has 0 spiro atoms. The first-order valence-electron chi connectivity index (χ1n) is 7.12. The minimum absolute atomic E-state index is 0.586. The molecule has 0 saturated carbocycles. The second-order valence-electron chi connectivity index (χ2n) is 5.92. The number of nitrogens with two attached hydrogens (primary N) is 1. The van der Waals surface area contributed by atoms with Crippen LogP contribution in [0.3, 0.4) is 0 Å². The van der Waals surface area contributed by atoms with Crippen molar-refractivity contribution in [3.05, 3.63) is 35.5 Å². The minimum Gasteiger partial charge on any atom is -0.361 e. The third kappa shape index (κ3) is 1.71. The van der Waals surface area contributed by atoms with E-state index in [-0.39, 0.29) is 0 Å². The van der Waals surface area contributed by atoms with Crippen molar-refractivity contribution < 1.29 is 0 Å². The van der Waals surface area contributed by atoms with Gasteiger partial charge in [-0.05, 0) is 42.5 Å². The monoisotopic (exact) mass is 256 g/mol. The van der Waals surface area contributed by atoms with E-state index in [1.54, 1.807) is 0 Å². The number of aromatic amines is 1. The van der Waals surface area contributed by atoms with Crippen LogP contribution in [0.1, 0.15) is 23.5 Å². The zero-order chi connectivity index (χ0) is 12.8. The lowest BCUT2D eigenvalue weighted by Gasteiger charge is -2.40. The van der Waals surface area contributed by atoms with Crippen molar-refractivity contribution in [3.63, 3.8) is 0 Å². The Hall–Kier alpha value is -1.36. The van der Waals surface area contributed by atoms with E-state index in [1.165, 1.54) is 28.5 Å². The van der Waals surface area contributed by atoms with E-state index in [1.807, 2.05) is 0 Å². The summed E-state index contributed by atoms with van der Waals surface area (Å²) < 4.78 is 0. The highest BCUT2D eigenvalue weighted by atomic mass is 15.2. The largest absolute Gasteiger partial charge is 0.361 e. The molecule has 4 heteroatoms. The minimum atomic E-state index is 0.586. The predicted octanol–water partition coefficient (Wildman–Crippen LogP) is 1.25. The van der Waals surface area contributed by atoms with Gasteiger partial charge in [0.25, 0.3) is 0 Å². The van der Waals surface area contributed by atoms with E-state index in [9.17, 15) is 0 Å². The molecule has 2 aliphatic rings. The number of rotatable bonds is 2. The van der Waals surface area contributed by atoms with Crippen molar-refractivity contribution in [1.29, 1.82) is 0 Å². The van der Waals surface area contributed by atoms with E-state index in [0.29, 0.717) is 17.9 Å². The summed E-state index contributed by atoms with van der Waals surface area (Å²) in [5, 5.41) is 5.18. The van der Waals surface area contributed by atoms with Gasteiger partial charge in [0, 0.05) is 35.6 Å². The van der Waals surface area contributed by atoms with Gasteiger partial charge in [-0.15, -0.1) is 0 Å². The van der Waals surface area contributed by atoms with Gasteiger partial charge < -0.3 is 10.3 Å². The molecule has 4 rings (SSSR count). The molecule has 4 nitrogen and oxygen atoms in total. The molecule has 5 N–H and O–H groups in total. The van der Waals surface area contributed by atoms with Crippen LogP contribution in [0.2, 0.25) is 0 Å². The molecule has 0 amide bonds. The van der Waals surface area contributed by atoms with Crippen LogP contribution >= 0.6 is 0 Å². The molecule has 2 heterocycles. The second kappa shape index (κ2) is 4.34. The van der Waals surface area contributed by atoms with Gasteiger partial charge in [-0.3, -0.25) is 11.3 Å². The van der Waals surface area contributed by atoms with Crippen LogP contribution in [0, 0.1) is 5.92 Å². The van der Waals surface area contributed by atoms with E-state index in [4.69, 9.17) is 5.84 Å². The quantitative estimate of drug-likeness (QED) is 0.483. The molecule has 1 saturated heterocycles. The lowest BCUT2D eigenvalue weighted by Crippen LogP contribution is -2.49. The Morgan fingerprint density at radius 1 is 1.37 bits per heavy atom. The first kappa shape index (κ1) is 11.5. The average Bonchev–Trinajstić information content (AvgIpc) is 2.85. The fourth-order valence-electron chi connectivity index (χ4n) is 3.94. The number of hydrogen-bond acceptors (Lipinski definition) is 3. The topological polar surface area (TPSA) is 65.9 Å². The normalized spacial score (nSPS) is 29.4. The highest BCUT2D eigenvalue weighted by Crippen LogP contribution is 2.41. The molecule has 0 radical (unpaired) electrons. The zero-order valence-corrected chi connectivity index (χ0v) is 10.9. The number of hydrazine groups is 1. The number of aromatic nitrogens is 1. The van der Waals surface area contributed by atoms with Crippen molar-refractivity contribution in [2.45, 2.75) is 24.8 Å². The third-order valence-corrected chi connectivity index (χ3v) is 4.81. The number of nitrogens with one attached hydrogen (secondary N) is 3. The maximum absolute atomic E-state index is 5.48. The van der Waals surface area contributed by atoms with Crippen LogP contribution < -0.4 is 16.6 Å². The summed E-state index contributed by atoms with van der Waals surface area (Å²) in [6, 6.07) is 7.24. The number of piperidine rings is 1. The Balaban J connectivity index is 1.76. The lowest BCUT2D eigenvalue weighted by molar-refractivity contribution is 0.263. The molecular formula is C15H20N4. The number of hydrogen-bond donors (Lipinski definition) is 4. The Bertz CT molecular complexity index is 603. The van der Waals surface area contributed by atoms with Crippen LogP contribution in [0.5, 0.6) is 0 Å². The number of fused-ring (bicyclic) bond motifs is 2. The van der Waals surface area contributed by atoms with E-state index in [0.717, 1.165) is 19.5 Å². The van der Waals surface area contributed by atoms with Crippen LogP contribution in [-0.4, -0.2) is 24.1 Å². The zero-order valence-electron chi connectivity index (χ0n) is 10.9. The molecule has 19 heavy (non-hydrogen) atoms.